The first-order valence-corrected chi connectivity index (χ1v) is 10.8. The molecule has 1 unspecified atom stereocenters. The molecule has 7 heteroatoms. The molecule has 28 heavy (non-hydrogen) atoms. The van der Waals surface area contributed by atoms with Crippen molar-refractivity contribution in [3.05, 3.63) is 65.2 Å². The smallest absolute Gasteiger partial charge is 0.251 e. The first-order valence-electron chi connectivity index (χ1n) is 9.33. The molecule has 1 atom stereocenters. The van der Waals surface area contributed by atoms with Gasteiger partial charge in [0, 0.05) is 24.7 Å². The van der Waals surface area contributed by atoms with Crippen molar-refractivity contribution < 1.29 is 13.2 Å². The molecule has 2 aromatic rings. The fraction of sp³-hybridized carbons (Fsp3) is 0.381. The van der Waals surface area contributed by atoms with Crippen LogP contribution in [-0.2, 0) is 16.4 Å². The maximum absolute atomic E-state index is 12.7. The predicted molar refractivity (Wildman–Crippen MR) is 112 cm³/mol. The molecule has 0 fully saturated rings. The summed E-state index contributed by atoms with van der Waals surface area (Å²) in [6.45, 7) is 4.27. The quantitative estimate of drug-likeness (QED) is 0.673. The van der Waals surface area contributed by atoms with Crippen LogP contribution in [0.5, 0.6) is 0 Å². The van der Waals surface area contributed by atoms with E-state index in [0.717, 1.165) is 12.0 Å². The van der Waals surface area contributed by atoms with E-state index < -0.39 is 10.0 Å². The summed E-state index contributed by atoms with van der Waals surface area (Å²) in [5.74, 6) is -0.272. The minimum absolute atomic E-state index is 0.0959. The van der Waals surface area contributed by atoms with Crippen LogP contribution in [0.1, 0.15) is 28.4 Å². The van der Waals surface area contributed by atoms with Crippen LogP contribution in [0.15, 0.2) is 53.4 Å². The largest absolute Gasteiger partial charge is 0.350 e. The molecular weight excluding hydrogens is 374 g/mol. The van der Waals surface area contributed by atoms with Gasteiger partial charge in [0.1, 0.15) is 0 Å². The molecule has 0 aromatic heterocycles. The number of hydrogen-bond donors (Lipinski definition) is 2. The number of hydrogen-bond acceptors (Lipinski definition) is 4. The van der Waals surface area contributed by atoms with Crippen LogP contribution < -0.4 is 10.0 Å². The van der Waals surface area contributed by atoms with Crippen molar-refractivity contribution in [1.29, 1.82) is 0 Å². The Labute approximate surface area is 168 Å². The SMILES string of the molecule is CCNS(=O)(=O)c1ccc(C)c(C(=O)NCC(Cc2ccccc2)N(C)C)c1. The van der Waals surface area contributed by atoms with Crippen molar-refractivity contribution >= 4 is 15.9 Å². The first-order chi connectivity index (χ1) is 13.2. The molecule has 2 rings (SSSR count). The van der Waals surface area contributed by atoms with Gasteiger partial charge in [0.25, 0.3) is 5.91 Å². The molecule has 1 amide bonds. The Morgan fingerprint density at radius 1 is 1.11 bits per heavy atom. The number of nitrogens with one attached hydrogen (secondary N) is 2. The molecule has 0 aliphatic heterocycles. The van der Waals surface area contributed by atoms with Crippen molar-refractivity contribution in [2.24, 2.45) is 0 Å². The minimum Gasteiger partial charge on any atom is -0.350 e. The summed E-state index contributed by atoms with van der Waals surface area (Å²) in [5, 5.41) is 2.96. The Bertz CT molecular complexity index is 896. The van der Waals surface area contributed by atoms with E-state index in [4.69, 9.17) is 0 Å². The highest BCUT2D eigenvalue weighted by molar-refractivity contribution is 7.89. The van der Waals surface area contributed by atoms with E-state index in [0.29, 0.717) is 18.7 Å². The fourth-order valence-electron chi connectivity index (χ4n) is 2.92. The van der Waals surface area contributed by atoms with Gasteiger partial charge in [-0.1, -0.05) is 43.3 Å². The third kappa shape index (κ3) is 5.89. The van der Waals surface area contributed by atoms with E-state index in [1.165, 1.54) is 17.7 Å². The van der Waals surface area contributed by atoms with E-state index in [1.807, 2.05) is 32.3 Å². The molecular formula is C21H29N3O3S. The van der Waals surface area contributed by atoms with Crippen LogP contribution in [0.2, 0.25) is 0 Å². The van der Waals surface area contributed by atoms with Gasteiger partial charge in [-0.2, -0.15) is 0 Å². The Morgan fingerprint density at radius 3 is 2.39 bits per heavy atom. The van der Waals surface area contributed by atoms with Crippen molar-refractivity contribution in [2.45, 2.75) is 31.2 Å². The highest BCUT2D eigenvalue weighted by Crippen LogP contribution is 2.16. The highest BCUT2D eigenvalue weighted by Gasteiger charge is 2.19. The second kappa shape index (κ2) is 9.82. The zero-order valence-corrected chi connectivity index (χ0v) is 17.7. The molecule has 0 heterocycles. The molecule has 2 N–H and O–H groups in total. The number of aryl methyl sites for hydroxylation is 1. The predicted octanol–water partition coefficient (Wildman–Crippen LogP) is 2.20. The molecule has 0 saturated carbocycles. The number of benzene rings is 2. The summed E-state index contributed by atoms with van der Waals surface area (Å²) < 4.78 is 26.9. The Morgan fingerprint density at radius 2 is 1.79 bits per heavy atom. The number of amides is 1. The van der Waals surface area contributed by atoms with Gasteiger partial charge in [-0.15, -0.1) is 0 Å². The summed E-state index contributed by atoms with van der Waals surface area (Å²) in [7, 11) is 0.355. The van der Waals surface area contributed by atoms with Crippen LogP contribution in [0.25, 0.3) is 0 Å². The van der Waals surface area contributed by atoms with Crippen LogP contribution in [0, 0.1) is 6.92 Å². The maximum Gasteiger partial charge on any atom is 0.251 e. The third-order valence-corrected chi connectivity index (χ3v) is 6.18. The average Bonchev–Trinajstić information content (AvgIpc) is 2.65. The number of likely N-dealkylation sites (N-methyl/N-ethyl adjacent to an activating group) is 1. The van der Waals surface area contributed by atoms with Gasteiger partial charge in [-0.05, 0) is 50.7 Å². The van der Waals surface area contributed by atoms with Gasteiger partial charge in [0.2, 0.25) is 10.0 Å². The number of carbonyl (C=O) groups is 1. The van der Waals surface area contributed by atoms with Gasteiger partial charge in [-0.25, -0.2) is 13.1 Å². The lowest BCUT2D eigenvalue weighted by atomic mass is 10.0. The Kier molecular flexibility index (Phi) is 7.74. The van der Waals surface area contributed by atoms with E-state index >= 15 is 0 Å². The number of nitrogens with zero attached hydrogens (tertiary/aromatic N) is 1. The molecule has 0 aliphatic rings. The summed E-state index contributed by atoms with van der Waals surface area (Å²) in [4.78, 5) is 14.9. The van der Waals surface area contributed by atoms with Gasteiger partial charge < -0.3 is 10.2 Å². The summed E-state index contributed by atoms with van der Waals surface area (Å²) >= 11 is 0. The molecule has 0 saturated heterocycles. The number of rotatable bonds is 9. The normalized spacial score (nSPS) is 12.8. The van der Waals surface area contributed by atoms with Crippen LogP contribution in [0.3, 0.4) is 0 Å². The van der Waals surface area contributed by atoms with E-state index in [-0.39, 0.29) is 16.8 Å². The zero-order valence-electron chi connectivity index (χ0n) is 16.9. The molecule has 6 nitrogen and oxygen atoms in total. The summed E-state index contributed by atoms with van der Waals surface area (Å²) in [6, 6.07) is 14.8. The molecule has 0 radical (unpaired) electrons. The lowest BCUT2D eigenvalue weighted by Gasteiger charge is -2.25. The first kappa shape index (κ1) is 22.1. The van der Waals surface area contributed by atoms with Crippen LogP contribution in [-0.4, -0.2) is 52.5 Å². The molecule has 2 aromatic carbocycles. The van der Waals surface area contributed by atoms with E-state index in [2.05, 4.69) is 27.1 Å². The highest BCUT2D eigenvalue weighted by atomic mass is 32.2. The molecule has 0 bridgehead atoms. The van der Waals surface area contributed by atoms with Gasteiger partial charge >= 0.3 is 0 Å². The standard InChI is InChI=1S/C21H29N3O3S/c1-5-23-28(26,27)19-12-11-16(2)20(14-19)21(25)22-15-18(24(3)4)13-17-9-7-6-8-10-17/h6-12,14,18,23H,5,13,15H2,1-4H3,(H,22,25). The monoisotopic (exact) mass is 403 g/mol. The minimum atomic E-state index is -3.61. The van der Waals surface area contributed by atoms with Crippen LogP contribution >= 0.6 is 0 Å². The number of sulfonamides is 1. The van der Waals surface area contributed by atoms with E-state index in [9.17, 15) is 13.2 Å². The van der Waals surface area contributed by atoms with Gasteiger partial charge in [0.05, 0.1) is 4.90 Å². The Hall–Kier alpha value is -2.22. The lowest BCUT2D eigenvalue weighted by Crippen LogP contribution is -2.41. The third-order valence-electron chi connectivity index (χ3n) is 4.64. The van der Waals surface area contributed by atoms with Crippen molar-refractivity contribution in [2.75, 3.05) is 27.2 Å². The average molecular weight is 404 g/mol. The second-order valence-electron chi connectivity index (χ2n) is 7.00. The van der Waals surface area contributed by atoms with E-state index in [1.54, 1.807) is 19.9 Å². The van der Waals surface area contributed by atoms with Gasteiger partial charge in [-0.3, -0.25) is 4.79 Å². The molecule has 152 valence electrons. The summed E-state index contributed by atoms with van der Waals surface area (Å²) in [5.41, 5.74) is 2.30. The lowest BCUT2D eigenvalue weighted by molar-refractivity contribution is 0.0941. The second-order valence-corrected chi connectivity index (χ2v) is 8.76. The maximum atomic E-state index is 12.7. The van der Waals surface area contributed by atoms with Crippen LogP contribution in [0.4, 0.5) is 0 Å². The topological polar surface area (TPSA) is 78.5 Å². The number of carbonyl (C=O) groups excluding carboxylic acids is 1. The van der Waals surface area contributed by atoms with Gasteiger partial charge in [0.15, 0.2) is 0 Å². The molecule has 0 aliphatic carbocycles. The molecule has 0 spiro atoms. The van der Waals surface area contributed by atoms with Crippen molar-refractivity contribution in [1.82, 2.24) is 14.9 Å². The van der Waals surface area contributed by atoms with Crippen molar-refractivity contribution in [3.63, 3.8) is 0 Å². The summed E-state index contributed by atoms with van der Waals surface area (Å²) in [6.07, 6.45) is 0.807. The fourth-order valence-corrected chi connectivity index (χ4v) is 3.98. The zero-order chi connectivity index (χ0) is 20.7. The van der Waals surface area contributed by atoms with Crippen molar-refractivity contribution in [3.8, 4) is 0 Å². The Balaban J connectivity index is 2.13.